The number of amides is 1. The first-order valence-electron chi connectivity index (χ1n) is 5.33. The first-order valence-corrected chi connectivity index (χ1v) is 5.33. The zero-order chi connectivity index (χ0) is 11.9. The lowest BCUT2D eigenvalue weighted by Gasteiger charge is -2.22. The maximum atomic E-state index is 12.0. The minimum Gasteiger partial charge on any atom is -0.260 e. The minimum atomic E-state index is -0.581. The largest absolute Gasteiger partial charge is 0.361 e. The zero-order valence-electron chi connectivity index (χ0n) is 9.67. The molecule has 0 bridgehead atoms. The van der Waals surface area contributed by atoms with Crippen molar-refractivity contribution in [3.8, 4) is 0 Å². The first kappa shape index (κ1) is 10.8. The number of carbonyl (C=O) groups excluding carboxylic acids is 2. The average Bonchev–Trinajstić information content (AvgIpc) is 2.64. The number of carbonyl (C=O) groups is 2. The summed E-state index contributed by atoms with van der Waals surface area (Å²) in [6.45, 7) is 1.96. The Morgan fingerprint density at radius 2 is 2.12 bits per heavy atom. The van der Waals surface area contributed by atoms with Gasteiger partial charge in [-0.05, 0) is 16.2 Å². The Kier molecular flexibility index (Phi) is 2.49. The van der Waals surface area contributed by atoms with Crippen molar-refractivity contribution in [3.63, 3.8) is 0 Å². The van der Waals surface area contributed by atoms with Crippen LogP contribution in [0.25, 0.3) is 0 Å². The summed E-state index contributed by atoms with van der Waals surface area (Å²) in [4.78, 5) is 25.5. The average molecular weight is 223 g/mol. The van der Waals surface area contributed by atoms with Gasteiger partial charge >= 0.3 is 11.9 Å². The molecule has 0 aliphatic carbocycles. The first-order chi connectivity index (χ1) is 7.57. The summed E-state index contributed by atoms with van der Waals surface area (Å²) < 4.78 is 2.97. The van der Waals surface area contributed by atoms with Gasteiger partial charge in [-0.3, -0.25) is 9.59 Å². The van der Waals surface area contributed by atoms with Crippen LogP contribution in [-0.4, -0.2) is 28.6 Å². The van der Waals surface area contributed by atoms with Crippen LogP contribution in [0.2, 0.25) is 0 Å². The van der Waals surface area contributed by atoms with E-state index in [9.17, 15) is 9.59 Å². The maximum absolute atomic E-state index is 12.0. The smallest absolute Gasteiger partial charge is 0.260 e. The second-order valence-electron chi connectivity index (χ2n) is 4.03. The molecule has 6 heteroatoms. The van der Waals surface area contributed by atoms with Crippen molar-refractivity contribution < 1.29 is 14.2 Å². The van der Waals surface area contributed by atoms with Crippen LogP contribution < -0.4 is 9.47 Å². The van der Waals surface area contributed by atoms with Crippen molar-refractivity contribution in [1.29, 1.82) is 0 Å². The number of nitrogens with zero attached hydrogens (tertiary/aromatic N) is 4. The third-order valence-corrected chi connectivity index (χ3v) is 2.86. The van der Waals surface area contributed by atoms with Crippen molar-refractivity contribution in [2.45, 2.75) is 19.8 Å². The van der Waals surface area contributed by atoms with Crippen molar-refractivity contribution in [1.82, 2.24) is 9.78 Å². The number of hydrogen-bond acceptors (Lipinski definition) is 3. The number of aryl methyl sites for hydroxylation is 1. The Labute approximate surface area is 93.5 Å². The summed E-state index contributed by atoms with van der Waals surface area (Å²) in [7, 11) is 3.43. The van der Waals surface area contributed by atoms with E-state index >= 15 is 0 Å². The van der Waals surface area contributed by atoms with Gasteiger partial charge in [0.05, 0.1) is 14.1 Å². The minimum absolute atomic E-state index is 0.143. The number of hydrogen-bond donors (Lipinski definition) is 0. The Balaban J connectivity index is 2.49. The molecule has 0 spiro atoms. The summed E-state index contributed by atoms with van der Waals surface area (Å²) in [6.07, 6.45) is 2.91. The highest BCUT2D eigenvalue weighted by Gasteiger charge is 2.45. The molecule has 0 N–H and O–H groups in total. The van der Waals surface area contributed by atoms with Gasteiger partial charge in [-0.15, -0.1) is 0 Å². The molecule has 1 aliphatic rings. The summed E-state index contributed by atoms with van der Waals surface area (Å²) in [6, 6.07) is 0. The van der Waals surface area contributed by atoms with E-state index in [1.807, 2.05) is 6.92 Å². The van der Waals surface area contributed by atoms with Crippen molar-refractivity contribution >= 4 is 17.8 Å². The molecule has 6 nitrogen and oxygen atoms in total. The quantitative estimate of drug-likeness (QED) is 0.512. The van der Waals surface area contributed by atoms with Gasteiger partial charge in [0.1, 0.15) is 5.92 Å². The van der Waals surface area contributed by atoms with Crippen LogP contribution in [0.4, 0.5) is 5.95 Å². The lowest BCUT2D eigenvalue weighted by atomic mass is 10.00. The Bertz CT molecular complexity index is 452. The van der Waals surface area contributed by atoms with Crippen molar-refractivity contribution in [2.24, 2.45) is 13.0 Å². The number of anilines is 1. The molecule has 1 aliphatic heterocycles. The van der Waals surface area contributed by atoms with E-state index in [4.69, 9.17) is 0 Å². The summed E-state index contributed by atoms with van der Waals surface area (Å²) >= 11 is 0. The van der Waals surface area contributed by atoms with Gasteiger partial charge in [-0.1, -0.05) is 13.3 Å². The zero-order valence-corrected chi connectivity index (χ0v) is 9.67. The molecule has 1 amide bonds. The fourth-order valence-electron chi connectivity index (χ4n) is 2.04. The van der Waals surface area contributed by atoms with Crippen LogP contribution in [-0.2, 0) is 11.8 Å². The molecule has 86 valence electrons. The van der Waals surface area contributed by atoms with Gasteiger partial charge in [-0.2, -0.15) is 0 Å². The lowest BCUT2D eigenvalue weighted by Crippen LogP contribution is -2.50. The second kappa shape index (κ2) is 3.70. The van der Waals surface area contributed by atoms with Crippen LogP contribution in [0.15, 0.2) is 6.33 Å². The lowest BCUT2D eigenvalue weighted by molar-refractivity contribution is -0.658. The molecule has 0 saturated heterocycles. The van der Waals surface area contributed by atoms with E-state index in [1.165, 1.54) is 15.9 Å². The van der Waals surface area contributed by atoms with Crippen LogP contribution in [0.1, 0.15) is 24.6 Å². The Hall–Kier alpha value is -1.72. The molecule has 0 saturated carbocycles. The summed E-state index contributed by atoms with van der Waals surface area (Å²) in [5.74, 6) is -0.430. The molecule has 0 radical (unpaired) electrons. The van der Waals surface area contributed by atoms with Crippen LogP contribution >= 0.6 is 0 Å². The third-order valence-electron chi connectivity index (χ3n) is 2.86. The normalized spacial score (nSPS) is 20.2. The topological polar surface area (TPSA) is 59.1 Å². The molecule has 2 heterocycles. The fraction of sp³-hybridized carbons (Fsp3) is 0.600. The van der Waals surface area contributed by atoms with Crippen LogP contribution in [0.3, 0.4) is 0 Å². The van der Waals surface area contributed by atoms with Gasteiger partial charge in [0.2, 0.25) is 6.33 Å². The molecule has 1 unspecified atom stereocenters. The van der Waals surface area contributed by atoms with Crippen LogP contribution in [0.5, 0.6) is 0 Å². The van der Waals surface area contributed by atoms with E-state index in [-0.39, 0.29) is 11.8 Å². The van der Waals surface area contributed by atoms with Gasteiger partial charge in [-0.25, -0.2) is 9.47 Å². The van der Waals surface area contributed by atoms with Gasteiger partial charge < -0.3 is 0 Å². The molecule has 16 heavy (non-hydrogen) atoms. The molecule has 0 fully saturated rings. The van der Waals surface area contributed by atoms with E-state index in [2.05, 4.69) is 5.10 Å². The Morgan fingerprint density at radius 3 is 2.75 bits per heavy atom. The van der Waals surface area contributed by atoms with E-state index < -0.39 is 5.92 Å². The highest BCUT2D eigenvalue weighted by molar-refractivity contribution is 6.11. The summed E-state index contributed by atoms with van der Waals surface area (Å²) in [5.41, 5.74) is 0. The number of aromatic nitrogens is 3. The highest BCUT2D eigenvalue weighted by Crippen LogP contribution is 2.22. The fourth-order valence-corrected chi connectivity index (χ4v) is 2.04. The van der Waals surface area contributed by atoms with Gasteiger partial charge in [0.15, 0.2) is 0 Å². The standard InChI is InChI=1S/C10H15N4O2/c1-4-5-7-8(15)13(3)10-12(2)6-11-14(10)9(7)16/h6-7H,4-5H2,1-3H3/q+1. The predicted octanol–water partition coefficient (Wildman–Crippen LogP) is -0.260. The molecule has 1 atom stereocenters. The van der Waals surface area contributed by atoms with E-state index in [1.54, 1.807) is 18.7 Å². The van der Waals surface area contributed by atoms with Gasteiger partial charge in [0, 0.05) is 0 Å². The predicted molar refractivity (Wildman–Crippen MR) is 55.8 cm³/mol. The molecule has 0 aromatic carbocycles. The van der Waals surface area contributed by atoms with Crippen LogP contribution in [0, 0.1) is 5.92 Å². The second-order valence-corrected chi connectivity index (χ2v) is 4.03. The molecular weight excluding hydrogens is 208 g/mol. The third kappa shape index (κ3) is 1.33. The SMILES string of the molecule is CCCC1C(=O)N(C)c2n(nc[n+]2C)C1=O. The van der Waals surface area contributed by atoms with E-state index in [0.29, 0.717) is 12.4 Å². The number of rotatable bonds is 2. The van der Waals surface area contributed by atoms with E-state index in [0.717, 1.165) is 6.42 Å². The van der Waals surface area contributed by atoms with Crippen molar-refractivity contribution in [3.05, 3.63) is 6.33 Å². The molecule has 1 aromatic rings. The number of fused-ring (bicyclic) bond motifs is 1. The summed E-state index contributed by atoms with van der Waals surface area (Å²) in [5, 5.41) is 3.99. The monoisotopic (exact) mass is 223 g/mol. The molecular formula is C10H15N4O2+. The van der Waals surface area contributed by atoms with Crippen molar-refractivity contribution in [2.75, 3.05) is 11.9 Å². The Morgan fingerprint density at radius 1 is 1.44 bits per heavy atom. The highest BCUT2D eigenvalue weighted by atomic mass is 16.2. The maximum Gasteiger partial charge on any atom is 0.361 e. The molecule has 1 aromatic heterocycles. The molecule has 2 rings (SSSR count). The van der Waals surface area contributed by atoms with Gasteiger partial charge in [0.25, 0.3) is 5.91 Å².